The Balaban J connectivity index is 2.28. The number of ether oxygens (including phenoxy) is 3. The van der Waals surface area contributed by atoms with Gasteiger partial charge in [-0.15, -0.1) is 0 Å². The number of allylic oxidation sites excluding steroid dienone is 2. The van der Waals surface area contributed by atoms with Gasteiger partial charge < -0.3 is 24.4 Å². The molecule has 1 fully saturated rings. The summed E-state index contributed by atoms with van der Waals surface area (Å²) in [6.45, 7) is 17.8. The van der Waals surface area contributed by atoms with Crippen LogP contribution in [0.1, 0.15) is 61.3 Å². The summed E-state index contributed by atoms with van der Waals surface area (Å²) >= 11 is 0. The van der Waals surface area contributed by atoms with Gasteiger partial charge in [0.2, 0.25) is 0 Å². The number of ketones is 1. The highest BCUT2D eigenvalue weighted by molar-refractivity contribution is 6.07. The van der Waals surface area contributed by atoms with Gasteiger partial charge in [-0.3, -0.25) is 4.79 Å². The molecule has 0 aromatic rings. The lowest BCUT2D eigenvalue weighted by atomic mass is 9.51. The van der Waals surface area contributed by atoms with Gasteiger partial charge in [0, 0.05) is 35.9 Å². The van der Waals surface area contributed by atoms with Gasteiger partial charge in [-0.2, -0.15) is 0 Å². The Morgan fingerprint density at radius 2 is 1.84 bits per heavy atom. The third kappa shape index (κ3) is 3.84. The molecular formula is C26H40O6. The zero-order chi connectivity index (χ0) is 24.3. The molecular weight excluding hydrogens is 408 g/mol. The summed E-state index contributed by atoms with van der Waals surface area (Å²) in [5, 5.41) is 23.1. The molecule has 32 heavy (non-hydrogen) atoms. The Labute approximate surface area is 192 Å². The lowest BCUT2D eigenvalue weighted by molar-refractivity contribution is -0.211. The molecule has 6 atom stereocenters. The van der Waals surface area contributed by atoms with Gasteiger partial charge in [-0.25, -0.2) is 0 Å². The van der Waals surface area contributed by atoms with Crippen LogP contribution in [0.4, 0.5) is 0 Å². The molecule has 0 aromatic heterocycles. The number of methoxy groups -OCH3 is 1. The largest absolute Gasteiger partial charge is 0.389 e. The van der Waals surface area contributed by atoms with Crippen LogP contribution in [0.2, 0.25) is 0 Å². The SMILES string of the molecule is C=C1[C@@H](O)C[C@H](OC(C)(C)C)[C@@]2(C)C[C@@H](OCOC)[C@@]3(O)C(C)=CC(=O)/C(=C/[C@@H]12)C3(C)C. The van der Waals surface area contributed by atoms with Crippen LogP contribution >= 0.6 is 0 Å². The van der Waals surface area contributed by atoms with Gasteiger partial charge in [-0.1, -0.05) is 33.4 Å². The van der Waals surface area contributed by atoms with E-state index in [1.165, 1.54) is 6.08 Å². The molecule has 2 N–H and O–H groups in total. The zero-order valence-corrected chi connectivity index (χ0v) is 20.8. The predicted octanol–water partition coefficient (Wildman–Crippen LogP) is 3.72. The van der Waals surface area contributed by atoms with E-state index >= 15 is 0 Å². The van der Waals surface area contributed by atoms with Crippen molar-refractivity contribution in [1.82, 2.24) is 0 Å². The molecule has 0 aromatic carbocycles. The van der Waals surface area contributed by atoms with E-state index in [9.17, 15) is 15.0 Å². The van der Waals surface area contributed by atoms with Gasteiger partial charge in [0.05, 0.1) is 23.9 Å². The second kappa shape index (κ2) is 8.17. The number of aliphatic hydroxyl groups excluding tert-OH is 1. The molecule has 3 aliphatic rings. The van der Waals surface area contributed by atoms with Crippen molar-refractivity contribution >= 4 is 5.78 Å². The van der Waals surface area contributed by atoms with Crippen LogP contribution in [-0.2, 0) is 19.0 Å². The smallest absolute Gasteiger partial charge is 0.182 e. The molecule has 6 nitrogen and oxygen atoms in total. The summed E-state index contributed by atoms with van der Waals surface area (Å²) < 4.78 is 17.8. The Morgan fingerprint density at radius 1 is 1.22 bits per heavy atom. The van der Waals surface area contributed by atoms with Crippen LogP contribution in [0, 0.1) is 16.7 Å². The molecule has 3 rings (SSSR count). The fourth-order valence-electron chi connectivity index (χ4n) is 6.00. The Bertz CT molecular complexity index is 847. The molecule has 180 valence electrons. The van der Waals surface area contributed by atoms with E-state index in [-0.39, 0.29) is 24.6 Å². The average Bonchev–Trinajstić information content (AvgIpc) is 2.65. The normalized spacial score (nSPS) is 41.2. The topological polar surface area (TPSA) is 85.2 Å². The van der Waals surface area contributed by atoms with Crippen LogP contribution in [0.3, 0.4) is 0 Å². The maximum Gasteiger partial charge on any atom is 0.182 e. The molecule has 2 bridgehead atoms. The fourth-order valence-corrected chi connectivity index (χ4v) is 6.00. The highest BCUT2D eigenvalue weighted by atomic mass is 16.7. The minimum atomic E-state index is -1.41. The summed E-state index contributed by atoms with van der Waals surface area (Å²) in [4.78, 5) is 13.2. The molecule has 0 spiro atoms. The third-order valence-electron chi connectivity index (χ3n) is 7.86. The number of hydrogen-bond donors (Lipinski definition) is 2. The first-order valence-corrected chi connectivity index (χ1v) is 11.4. The van der Waals surface area contributed by atoms with Crippen LogP contribution in [0.15, 0.2) is 35.5 Å². The van der Waals surface area contributed by atoms with Crippen molar-refractivity contribution in [2.24, 2.45) is 16.7 Å². The van der Waals surface area contributed by atoms with Crippen LogP contribution in [-0.4, -0.2) is 59.4 Å². The lowest BCUT2D eigenvalue weighted by Crippen LogP contribution is -2.64. The maximum atomic E-state index is 13.2. The van der Waals surface area contributed by atoms with Gasteiger partial charge in [0.15, 0.2) is 5.78 Å². The van der Waals surface area contributed by atoms with Crippen LogP contribution in [0.5, 0.6) is 0 Å². The first-order valence-electron chi connectivity index (χ1n) is 11.4. The van der Waals surface area contributed by atoms with Gasteiger partial charge in [-0.05, 0) is 51.3 Å². The second-order valence-corrected chi connectivity index (χ2v) is 11.5. The number of fused-ring (bicyclic) bond motifs is 3. The first-order chi connectivity index (χ1) is 14.6. The standard InChI is InChI=1S/C26H40O6/c1-15-10-20(28)18-11-17-16(2)19(27)12-21(32-23(3,4)5)25(17,8)13-22(31-14-30-9)26(15,29)24(18,6)7/h10-11,17,19,21-22,27,29H,2,12-14H2,1,3-9H3/b18-11-/t17-,19-,21-,22+,25-,26-/m0/s1. The van der Waals surface area contributed by atoms with E-state index < -0.39 is 34.2 Å². The summed E-state index contributed by atoms with van der Waals surface area (Å²) in [5.74, 6) is -0.449. The molecule has 0 heterocycles. The van der Waals surface area contributed by atoms with Crippen molar-refractivity contribution in [3.63, 3.8) is 0 Å². The molecule has 1 saturated carbocycles. The van der Waals surface area contributed by atoms with Crippen molar-refractivity contribution in [2.75, 3.05) is 13.9 Å². The number of hydrogen-bond acceptors (Lipinski definition) is 6. The van der Waals surface area contributed by atoms with Crippen molar-refractivity contribution in [1.29, 1.82) is 0 Å². The van der Waals surface area contributed by atoms with Crippen molar-refractivity contribution in [3.05, 3.63) is 35.5 Å². The fraction of sp³-hybridized carbons (Fsp3) is 0.731. The molecule has 0 amide bonds. The van der Waals surface area contributed by atoms with Crippen molar-refractivity contribution < 1.29 is 29.2 Å². The van der Waals surface area contributed by atoms with E-state index in [1.54, 1.807) is 14.0 Å². The minimum absolute atomic E-state index is 0.0123. The number of carbonyl (C=O) groups excluding carboxylic acids is 1. The third-order valence-corrected chi connectivity index (χ3v) is 7.86. The van der Waals surface area contributed by atoms with Crippen LogP contribution in [0.25, 0.3) is 0 Å². The average molecular weight is 449 g/mol. The molecule has 0 aliphatic heterocycles. The van der Waals surface area contributed by atoms with Gasteiger partial charge in [0.1, 0.15) is 12.4 Å². The molecule has 0 saturated heterocycles. The second-order valence-electron chi connectivity index (χ2n) is 11.5. The highest BCUT2D eigenvalue weighted by Crippen LogP contribution is 2.58. The van der Waals surface area contributed by atoms with E-state index in [0.717, 1.165) is 0 Å². The molecule has 0 radical (unpaired) electrons. The van der Waals surface area contributed by atoms with E-state index in [1.807, 2.05) is 40.7 Å². The number of rotatable bonds is 4. The highest BCUT2D eigenvalue weighted by Gasteiger charge is 2.62. The van der Waals surface area contributed by atoms with Crippen molar-refractivity contribution in [2.45, 2.75) is 90.8 Å². The predicted molar refractivity (Wildman–Crippen MR) is 123 cm³/mol. The molecule has 3 aliphatic carbocycles. The molecule has 0 unspecified atom stereocenters. The zero-order valence-electron chi connectivity index (χ0n) is 20.8. The summed E-state index contributed by atoms with van der Waals surface area (Å²) in [6, 6.07) is 0. The Morgan fingerprint density at radius 3 is 2.41 bits per heavy atom. The summed E-state index contributed by atoms with van der Waals surface area (Å²) in [5.41, 5.74) is -1.58. The number of carbonyl (C=O) groups is 1. The summed E-state index contributed by atoms with van der Waals surface area (Å²) in [7, 11) is 1.55. The van der Waals surface area contributed by atoms with Crippen LogP contribution < -0.4 is 0 Å². The first kappa shape index (κ1) is 25.3. The Kier molecular flexibility index (Phi) is 6.46. The minimum Gasteiger partial charge on any atom is -0.389 e. The van der Waals surface area contributed by atoms with Crippen molar-refractivity contribution in [3.8, 4) is 0 Å². The van der Waals surface area contributed by atoms with E-state index in [4.69, 9.17) is 14.2 Å². The van der Waals surface area contributed by atoms with E-state index in [0.29, 0.717) is 29.6 Å². The lowest BCUT2D eigenvalue weighted by Gasteiger charge is -2.58. The van der Waals surface area contributed by atoms with Gasteiger partial charge in [0.25, 0.3) is 0 Å². The monoisotopic (exact) mass is 448 g/mol. The summed E-state index contributed by atoms with van der Waals surface area (Å²) in [6.07, 6.45) is 2.54. The Hall–Kier alpha value is -1.31. The number of aliphatic hydroxyl groups is 2. The maximum absolute atomic E-state index is 13.2. The van der Waals surface area contributed by atoms with E-state index in [2.05, 4.69) is 13.5 Å². The molecule has 6 heteroatoms. The quantitative estimate of drug-likeness (QED) is 0.504. The van der Waals surface area contributed by atoms with Gasteiger partial charge >= 0.3 is 0 Å².